The Hall–Kier alpha value is -2.01. The van der Waals surface area contributed by atoms with Crippen LogP contribution in [0.25, 0.3) is 5.69 Å². The molecule has 0 spiro atoms. The first-order valence-electron chi connectivity index (χ1n) is 6.05. The molecular formula is C14H13N3OS. The number of hydrogen-bond donors (Lipinski definition) is 1. The van der Waals surface area contributed by atoms with Crippen LogP contribution in [0.5, 0.6) is 0 Å². The zero-order valence-corrected chi connectivity index (χ0v) is 11.1. The van der Waals surface area contributed by atoms with Gasteiger partial charge in [-0.05, 0) is 30.3 Å². The normalized spacial score (nSPS) is 14.2. The molecule has 0 atom stereocenters. The molecule has 1 aliphatic heterocycles. The van der Waals surface area contributed by atoms with Crippen molar-refractivity contribution in [2.45, 2.75) is 0 Å². The second kappa shape index (κ2) is 5.32. The second-order valence-corrected chi connectivity index (χ2v) is 5.21. The third kappa shape index (κ3) is 2.71. The highest BCUT2D eigenvalue weighted by molar-refractivity contribution is 8.14. The summed E-state index contributed by atoms with van der Waals surface area (Å²) in [4.78, 5) is 16.3. The molecule has 0 saturated carbocycles. The topological polar surface area (TPSA) is 46.4 Å². The standard InChI is InChI=1S/C14H13N3OS/c18-13(16-14-15-6-9-19-14)11-4-3-5-12(10-11)17-7-1-2-8-17/h1-5,7-8,10H,6,9H2,(H,15,16,18). The summed E-state index contributed by atoms with van der Waals surface area (Å²) in [7, 11) is 0. The number of nitrogens with zero attached hydrogens (tertiary/aromatic N) is 2. The van der Waals surface area contributed by atoms with Crippen molar-refractivity contribution >= 4 is 22.8 Å². The zero-order chi connectivity index (χ0) is 13.1. The first-order chi connectivity index (χ1) is 9.33. The van der Waals surface area contributed by atoms with E-state index >= 15 is 0 Å². The van der Waals surface area contributed by atoms with E-state index < -0.39 is 0 Å². The Bertz CT molecular complexity index is 619. The van der Waals surface area contributed by atoms with Gasteiger partial charge >= 0.3 is 0 Å². The van der Waals surface area contributed by atoms with Crippen LogP contribution in [-0.2, 0) is 0 Å². The SMILES string of the molecule is O=C(NC1=NCCS1)c1cccc(-n2cccc2)c1. The van der Waals surface area contributed by atoms with Crippen molar-refractivity contribution in [1.82, 2.24) is 9.88 Å². The number of carbonyl (C=O) groups is 1. The predicted molar refractivity (Wildman–Crippen MR) is 78.0 cm³/mol. The number of thioether (sulfide) groups is 1. The molecule has 96 valence electrons. The van der Waals surface area contributed by atoms with Gasteiger partial charge in [-0.25, -0.2) is 0 Å². The Balaban J connectivity index is 1.81. The number of aromatic nitrogens is 1. The largest absolute Gasteiger partial charge is 0.324 e. The molecule has 1 N–H and O–H groups in total. The van der Waals surface area contributed by atoms with E-state index in [1.165, 1.54) is 0 Å². The van der Waals surface area contributed by atoms with E-state index in [9.17, 15) is 4.79 Å². The molecule has 2 heterocycles. The number of carbonyl (C=O) groups excluding carboxylic acids is 1. The Morgan fingerprint density at radius 3 is 2.84 bits per heavy atom. The van der Waals surface area contributed by atoms with E-state index in [2.05, 4.69) is 10.3 Å². The molecular weight excluding hydrogens is 258 g/mol. The van der Waals surface area contributed by atoms with Crippen molar-refractivity contribution in [3.05, 3.63) is 54.4 Å². The Morgan fingerprint density at radius 2 is 2.11 bits per heavy atom. The maximum Gasteiger partial charge on any atom is 0.257 e. The minimum atomic E-state index is -0.109. The van der Waals surface area contributed by atoms with E-state index in [0.29, 0.717) is 5.56 Å². The van der Waals surface area contributed by atoms with Crippen molar-refractivity contribution < 1.29 is 4.79 Å². The van der Waals surface area contributed by atoms with Crippen molar-refractivity contribution in [2.75, 3.05) is 12.3 Å². The van der Waals surface area contributed by atoms with Crippen LogP contribution in [0.2, 0.25) is 0 Å². The summed E-state index contributed by atoms with van der Waals surface area (Å²) in [6, 6.07) is 11.4. The lowest BCUT2D eigenvalue weighted by Crippen LogP contribution is -2.27. The fraction of sp³-hybridized carbons (Fsp3) is 0.143. The fourth-order valence-corrected chi connectivity index (χ4v) is 2.62. The van der Waals surface area contributed by atoms with Crippen LogP contribution in [0, 0.1) is 0 Å². The summed E-state index contributed by atoms with van der Waals surface area (Å²) >= 11 is 1.58. The number of hydrogen-bond acceptors (Lipinski definition) is 3. The van der Waals surface area contributed by atoms with Crippen LogP contribution in [-0.4, -0.2) is 27.9 Å². The molecule has 1 aromatic heterocycles. The molecule has 0 unspecified atom stereocenters. The van der Waals surface area contributed by atoms with Crippen LogP contribution >= 0.6 is 11.8 Å². The van der Waals surface area contributed by atoms with E-state index in [4.69, 9.17) is 0 Å². The van der Waals surface area contributed by atoms with Crippen LogP contribution in [0.1, 0.15) is 10.4 Å². The van der Waals surface area contributed by atoms with Gasteiger partial charge in [0.1, 0.15) is 0 Å². The second-order valence-electron chi connectivity index (χ2n) is 4.13. The monoisotopic (exact) mass is 271 g/mol. The molecule has 0 radical (unpaired) electrons. The van der Waals surface area contributed by atoms with Gasteiger partial charge in [-0.2, -0.15) is 0 Å². The highest BCUT2D eigenvalue weighted by Gasteiger charge is 2.12. The summed E-state index contributed by atoms with van der Waals surface area (Å²) in [6.45, 7) is 0.781. The molecule has 0 saturated heterocycles. The van der Waals surface area contributed by atoms with Gasteiger partial charge in [0.25, 0.3) is 5.91 Å². The van der Waals surface area contributed by atoms with Gasteiger partial charge in [-0.3, -0.25) is 9.79 Å². The molecule has 2 aromatic rings. The molecule has 0 bridgehead atoms. The Morgan fingerprint density at radius 1 is 1.26 bits per heavy atom. The van der Waals surface area contributed by atoms with E-state index in [1.807, 2.05) is 53.4 Å². The Kier molecular flexibility index (Phi) is 3.37. The number of nitrogens with one attached hydrogen (secondary N) is 1. The highest BCUT2D eigenvalue weighted by atomic mass is 32.2. The quantitative estimate of drug-likeness (QED) is 0.911. The van der Waals surface area contributed by atoms with Gasteiger partial charge in [-0.15, -0.1) is 0 Å². The molecule has 0 fully saturated rings. The molecule has 19 heavy (non-hydrogen) atoms. The molecule has 3 rings (SSSR count). The lowest BCUT2D eigenvalue weighted by Gasteiger charge is -2.07. The van der Waals surface area contributed by atoms with E-state index in [-0.39, 0.29) is 5.91 Å². The maximum absolute atomic E-state index is 12.1. The van der Waals surface area contributed by atoms with E-state index in [1.54, 1.807) is 11.8 Å². The van der Waals surface area contributed by atoms with Crippen molar-refractivity contribution in [2.24, 2.45) is 4.99 Å². The molecule has 1 aliphatic rings. The van der Waals surface area contributed by atoms with Gasteiger partial charge in [0.15, 0.2) is 5.17 Å². The van der Waals surface area contributed by atoms with Crippen molar-refractivity contribution in [3.63, 3.8) is 0 Å². The fourth-order valence-electron chi connectivity index (χ4n) is 1.89. The zero-order valence-electron chi connectivity index (χ0n) is 10.2. The lowest BCUT2D eigenvalue weighted by atomic mass is 10.2. The number of rotatable bonds is 2. The average Bonchev–Trinajstić information content (AvgIpc) is 3.12. The first-order valence-corrected chi connectivity index (χ1v) is 7.03. The maximum atomic E-state index is 12.1. The van der Waals surface area contributed by atoms with Gasteiger partial charge in [0.2, 0.25) is 0 Å². The predicted octanol–water partition coefficient (Wildman–Crippen LogP) is 2.31. The van der Waals surface area contributed by atoms with Crippen LogP contribution < -0.4 is 5.32 Å². The molecule has 1 amide bonds. The third-order valence-corrected chi connectivity index (χ3v) is 3.71. The van der Waals surface area contributed by atoms with Gasteiger partial charge in [0, 0.05) is 29.4 Å². The minimum Gasteiger partial charge on any atom is -0.324 e. The summed E-state index contributed by atoms with van der Waals surface area (Å²) < 4.78 is 1.97. The Labute approximate surface area is 115 Å². The van der Waals surface area contributed by atoms with Crippen molar-refractivity contribution in [3.8, 4) is 5.69 Å². The van der Waals surface area contributed by atoms with Crippen molar-refractivity contribution in [1.29, 1.82) is 0 Å². The van der Waals surface area contributed by atoms with Gasteiger partial charge in [-0.1, -0.05) is 17.8 Å². The lowest BCUT2D eigenvalue weighted by molar-refractivity contribution is 0.0978. The smallest absolute Gasteiger partial charge is 0.257 e. The highest BCUT2D eigenvalue weighted by Crippen LogP contribution is 2.13. The summed E-state index contributed by atoms with van der Waals surface area (Å²) in [6.07, 6.45) is 3.90. The van der Waals surface area contributed by atoms with Crippen LogP contribution in [0.3, 0.4) is 0 Å². The molecule has 4 nitrogen and oxygen atoms in total. The summed E-state index contributed by atoms with van der Waals surface area (Å²) in [5.74, 6) is 0.834. The first kappa shape index (κ1) is 12.0. The molecule has 0 aliphatic carbocycles. The van der Waals surface area contributed by atoms with E-state index in [0.717, 1.165) is 23.2 Å². The third-order valence-electron chi connectivity index (χ3n) is 2.82. The minimum absolute atomic E-state index is 0.109. The average molecular weight is 271 g/mol. The summed E-state index contributed by atoms with van der Waals surface area (Å²) in [5.41, 5.74) is 1.61. The van der Waals surface area contributed by atoms with Gasteiger partial charge in [0.05, 0.1) is 6.54 Å². The van der Waals surface area contributed by atoms with Gasteiger partial charge < -0.3 is 9.88 Å². The molecule has 1 aromatic carbocycles. The number of amidine groups is 1. The van der Waals surface area contributed by atoms with Crippen LogP contribution in [0.15, 0.2) is 53.8 Å². The molecule has 5 heteroatoms. The number of benzene rings is 1. The van der Waals surface area contributed by atoms with Crippen LogP contribution in [0.4, 0.5) is 0 Å². The number of amides is 1. The number of aliphatic imine (C=N–C) groups is 1. The summed E-state index contributed by atoms with van der Waals surface area (Å²) in [5, 5.41) is 3.55.